The Morgan fingerprint density at radius 1 is 1.17 bits per heavy atom. The molecule has 0 amide bonds. The molecule has 0 saturated carbocycles. The molecule has 0 aliphatic heterocycles. The van der Waals surface area contributed by atoms with Crippen LogP contribution in [0, 0.1) is 5.92 Å². The van der Waals surface area contributed by atoms with Crippen molar-refractivity contribution < 1.29 is 4.79 Å². The molecule has 100 valence electrons. The summed E-state index contributed by atoms with van der Waals surface area (Å²) < 4.78 is 0. The summed E-state index contributed by atoms with van der Waals surface area (Å²) in [6.45, 7) is 2.83. The van der Waals surface area contributed by atoms with Gasteiger partial charge in [-0.15, -0.1) is 0 Å². The molecule has 1 unspecified atom stereocenters. The van der Waals surface area contributed by atoms with Crippen LogP contribution in [-0.4, -0.2) is 12.3 Å². The number of Topliss-reactive ketones (excluding diaryl/α,β-unsaturated/α-hetero) is 1. The standard InChI is InChI=1S/C16H25NO/c1-2-15(13-14-9-5-3-6-10-14)16(18)11-7-4-8-12-17/h3,5-6,9-10,15H,2,4,7-8,11-13,17H2,1H3. The molecule has 1 rings (SSSR count). The van der Waals surface area contributed by atoms with Crippen molar-refractivity contribution >= 4 is 5.78 Å². The lowest BCUT2D eigenvalue weighted by atomic mass is 9.90. The molecule has 0 spiro atoms. The number of ketones is 1. The Hall–Kier alpha value is -1.15. The van der Waals surface area contributed by atoms with E-state index in [0.29, 0.717) is 12.2 Å². The predicted molar refractivity (Wildman–Crippen MR) is 76.5 cm³/mol. The monoisotopic (exact) mass is 247 g/mol. The summed E-state index contributed by atoms with van der Waals surface area (Å²) in [6.07, 6.45) is 5.62. The van der Waals surface area contributed by atoms with E-state index in [9.17, 15) is 4.79 Å². The van der Waals surface area contributed by atoms with E-state index >= 15 is 0 Å². The summed E-state index contributed by atoms with van der Waals surface area (Å²) in [7, 11) is 0. The van der Waals surface area contributed by atoms with Gasteiger partial charge in [0.05, 0.1) is 0 Å². The van der Waals surface area contributed by atoms with Gasteiger partial charge in [0.1, 0.15) is 5.78 Å². The number of unbranched alkanes of at least 4 members (excludes halogenated alkanes) is 2. The lowest BCUT2D eigenvalue weighted by molar-refractivity contribution is -0.123. The topological polar surface area (TPSA) is 43.1 Å². The predicted octanol–water partition coefficient (Wildman–Crippen LogP) is 3.34. The van der Waals surface area contributed by atoms with E-state index in [4.69, 9.17) is 5.73 Å². The molecule has 1 aromatic rings. The van der Waals surface area contributed by atoms with Crippen molar-refractivity contribution in [1.29, 1.82) is 0 Å². The normalized spacial score (nSPS) is 12.3. The second-order valence-electron chi connectivity index (χ2n) is 4.86. The van der Waals surface area contributed by atoms with E-state index in [0.717, 1.165) is 38.6 Å². The molecule has 0 bridgehead atoms. The lowest BCUT2D eigenvalue weighted by Crippen LogP contribution is -2.16. The van der Waals surface area contributed by atoms with Crippen LogP contribution in [0.1, 0.15) is 44.6 Å². The summed E-state index contributed by atoms with van der Waals surface area (Å²) in [5.41, 5.74) is 6.71. The highest BCUT2D eigenvalue weighted by molar-refractivity contribution is 5.81. The molecule has 0 fully saturated rings. The SMILES string of the molecule is CCC(Cc1ccccc1)C(=O)CCCCCN. The first-order chi connectivity index (χ1) is 8.77. The van der Waals surface area contributed by atoms with Gasteiger partial charge in [-0.1, -0.05) is 43.7 Å². The quantitative estimate of drug-likeness (QED) is 0.680. The van der Waals surface area contributed by atoms with Crippen molar-refractivity contribution in [2.24, 2.45) is 11.7 Å². The molecule has 0 saturated heterocycles. The zero-order valence-electron chi connectivity index (χ0n) is 11.4. The van der Waals surface area contributed by atoms with Gasteiger partial charge in [0, 0.05) is 12.3 Å². The van der Waals surface area contributed by atoms with Crippen LogP contribution in [0.25, 0.3) is 0 Å². The molecule has 1 aromatic carbocycles. The van der Waals surface area contributed by atoms with Crippen molar-refractivity contribution in [3.05, 3.63) is 35.9 Å². The molecule has 0 aromatic heterocycles. The number of hydrogen-bond donors (Lipinski definition) is 1. The minimum absolute atomic E-state index is 0.185. The summed E-state index contributed by atoms with van der Waals surface area (Å²) in [4.78, 5) is 12.1. The lowest BCUT2D eigenvalue weighted by Gasteiger charge is -2.13. The van der Waals surface area contributed by atoms with Gasteiger partial charge in [-0.25, -0.2) is 0 Å². The summed E-state index contributed by atoms with van der Waals surface area (Å²) in [6, 6.07) is 10.3. The van der Waals surface area contributed by atoms with Crippen LogP contribution in [-0.2, 0) is 11.2 Å². The van der Waals surface area contributed by atoms with Gasteiger partial charge in [0.2, 0.25) is 0 Å². The Kier molecular flexibility index (Phi) is 7.35. The molecule has 0 radical (unpaired) electrons. The van der Waals surface area contributed by atoms with Crippen LogP contribution in [0.2, 0.25) is 0 Å². The fraction of sp³-hybridized carbons (Fsp3) is 0.562. The van der Waals surface area contributed by atoms with E-state index in [-0.39, 0.29) is 5.92 Å². The van der Waals surface area contributed by atoms with Crippen LogP contribution in [0.15, 0.2) is 30.3 Å². The zero-order valence-corrected chi connectivity index (χ0v) is 11.4. The Morgan fingerprint density at radius 3 is 2.50 bits per heavy atom. The van der Waals surface area contributed by atoms with Gasteiger partial charge < -0.3 is 5.73 Å². The number of carbonyl (C=O) groups is 1. The highest BCUT2D eigenvalue weighted by atomic mass is 16.1. The molecule has 0 aliphatic rings. The van der Waals surface area contributed by atoms with Gasteiger partial charge in [-0.05, 0) is 37.8 Å². The highest BCUT2D eigenvalue weighted by Gasteiger charge is 2.16. The van der Waals surface area contributed by atoms with E-state index in [1.807, 2.05) is 18.2 Å². The second kappa shape index (κ2) is 8.87. The third-order valence-electron chi connectivity index (χ3n) is 3.40. The third-order valence-corrected chi connectivity index (χ3v) is 3.40. The number of carbonyl (C=O) groups excluding carboxylic acids is 1. The molecule has 1 atom stereocenters. The van der Waals surface area contributed by atoms with E-state index in [2.05, 4.69) is 19.1 Å². The van der Waals surface area contributed by atoms with Crippen LogP contribution >= 0.6 is 0 Å². The van der Waals surface area contributed by atoms with Crippen molar-refractivity contribution in [2.45, 2.75) is 45.4 Å². The van der Waals surface area contributed by atoms with Gasteiger partial charge in [-0.3, -0.25) is 4.79 Å². The average Bonchev–Trinajstić information content (AvgIpc) is 2.42. The van der Waals surface area contributed by atoms with Crippen molar-refractivity contribution in [1.82, 2.24) is 0 Å². The summed E-state index contributed by atoms with van der Waals surface area (Å²) in [5, 5.41) is 0. The van der Waals surface area contributed by atoms with E-state index in [1.54, 1.807) is 0 Å². The van der Waals surface area contributed by atoms with Crippen LogP contribution in [0.4, 0.5) is 0 Å². The minimum Gasteiger partial charge on any atom is -0.330 e. The Morgan fingerprint density at radius 2 is 1.89 bits per heavy atom. The van der Waals surface area contributed by atoms with Crippen LogP contribution < -0.4 is 5.73 Å². The second-order valence-corrected chi connectivity index (χ2v) is 4.86. The smallest absolute Gasteiger partial charge is 0.136 e. The van der Waals surface area contributed by atoms with Gasteiger partial charge >= 0.3 is 0 Å². The van der Waals surface area contributed by atoms with Crippen LogP contribution in [0.5, 0.6) is 0 Å². The minimum atomic E-state index is 0.185. The maximum absolute atomic E-state index is 12.1. The molecule has 2 heteroatoms. The van der Waals surface area contributed by atoms with Gasteiger partial charge in [0.15, 0.2) is 0 Å². The molecule has 2 nitrogen and oxygen atoms in total. The Balaban J connectivity index is 2.38. The van der Waals surface area contributed by atoms with Crippen molar-refractivity contribution in [2.75, 3.05) is 6.54 Å². The zero-order chi connectivity index (χ0) is 13.2. The van der Waals surface area contributed by atoms with Crippen molar-refractivity contribution in [3.63, 3.8) is 0 Å². The van der Waals surface area contributed by atoms with E-state index < -0.39 is 0 Å². The van der Waals surface area contributed by atoms with Gasteiger partial charge in [0.25, 0.3) is 0 Å². The number of nitrogens with two attached hydrogens (primary N) is 1. The summed E-state index contributed by atoms with van der Waals surface area (Å²) in [5.74, 6) is 0.601. The van der Waals surface area contributed by atoms with Gasteiger partial charge in [-0.2, -0.15) is 0 Å². The molecular weight excluding hydrogens is 222 g/mol. The fourth-order valence-corrected chi connectivity index (χ4v) is 2.21. The Bertz CT molecular complexity index is 334. The first kappa shape index (κ1) is 14.9. The highest BCUT2D eigenvalue weighted by Crippen LogP contribution is 2.16. The fourth-order valence-electron chi connectivity index (χ4n) is 2.21. The van der Waals surface area contributed by atoms with Crippen molar-refractivity contribution in [3.8, 4) is 0 Å². The maximum atomic E-state index is 12.1. The first-order valence-corrected chi connectivity index (χ1v) is 7.04. The third kappa shape index (κ3) is 5.46. The molecule has 0 heterocycles. The van der Waals surface area contributed by atoms with E-state index in [1.165, 1.54) is 5.56 Å². The Labute approximate surface area is 111 Å². The molecule has 0 aliphatic carbocycles. The average molecular weight is 247 g/mol. The number of rotatable bonds is 9. The van der Waals surface area contributed by atoms with Crippen LogP contribution in [0.3, 0.4) is 0 Å². The number of benzene rings is 1. The first-order valence-electron chi connectivity index (χ1n) is 7.04. The summed E-state index contributed by atoms with van der Waals surface area (Å²) >= 11 is 0. The maximum Gasteiger partial charge on any atom is 0.136 e. The largest absolute Gasteiger partial charge is 0.330 e. The number of hydrogen-bond acceptors (Lipinski definition) is 2. The molecule has 2 N–H and O–H groups in total. The molecule has 18 heavy (non-hydrogen) atoms. The molecular formula is C16H25NO.